The monoisotopic (exact) mass is 255 g/mol. The van der Waals surface area contributed by atoms with Gasteiger partial charge in [0, 0.05) is 0 Å². The highest BCUT2D eigenvalue weighted by atomic mass is 16.5. The van der Waals surface area contributed by atoms with Crippen LogP contribution < -0.4 is 0 Å². The van der Waals surface area contributed by atoms with Crippen molar-refractivity contribution in [3.05, 3.63) is 53.1 Å². The molecule has 0 aromatic heterocycles. The minimum absolute atomic E-state index is 0.00304. The molecule has 0 aliphatic rings. The van der Waals surface area contributed by atoms with E-state index in [0.717, 1.165) is 12.0 Å². The van der Waals surface area contributed by atoms with Crippen molar-refractivity contribution in [3.8, 4) is 6.07 Å². The van der Waals surface area contributed by atoms with Gasteiger partial charge in [0.2, 0.25) is 0 Å². The van der Waals surface area contributed by atoms with Gasteiger partial charge in [-0.05, 0) is 30.5 Å². The Bertz CT molecular complexity index is 519. The Kier molecular flexibility index (Phi) is 6.11. The number of esters is 1. The largest absolute Gasteiger partial charge is 0.462 e. The Labute approximate surface area is 113 Å². The maximum atomic E-state index is 11.4. The molecule has 0 saturated heterocycles. The van der Waals surface area contributed by atoms with Gasteiger partial charge in [0.05, 0.1) is 6.61 Å². The Balaban J connectivity index is 2.74. The molecule has 0 spiro atoms. The molecule has 0 bridgehead atoms. The molecule has 1 aromatic carbocycles. The maximum Gasteiger partial charge on any atom is 0.348 e. The average Bonchev–Trinajstić information content (AvgIpc) is 2.44. The minimum atomic E-state index is -0.587. The van der Waals surface area contributed by atoms with Crippen LogP contribution in [-0.4, -0.2) is 12.6 Å². The molecule has 3 nitrogen and oxygen atoms in total. The van der Waals surface area contributed by atoms with Crippen LogP contribution in [0.3, 0.4) is 0 Å². The number of ether oxygens (including phenoxy) is 1. The zero-order valence-electron chi connectivity index (χ0n) is 11.2. The first-order valence-electron chi connectivity index (χ1n) is 6.25. The number of benzene rings is 1. The second kappa shape index (κ2) is 7.88. The van der Waals surface area contributed by atoms with Crippen molar-refractivity contribution in [1.82, 2.24) is 0 Å². The highest BCUT2D eigenvalue weighted by Crippen LogP contribution is 2.07. The predicted molar refractivity (Wildman–Crippen MR) is 75.2 cm³/mol. The number of nitriles is 1. The molecule has 0 saturated carbocycles. The smallest absolute Gasteiger partial charge is 0.348 e. The Morgan fingerprint density at radius 1 is 1.32 bits per heavy atom. The van der Waals surface area contributed by atoms with Crippen LogP contribution in [-0.2, 0) is 16.0 Å². The van der Waals surface area contributed by atoms with Gasteiger partial charge in [0.25, 0.3) is 0 Å². The van der Waals surface area contributed by atoms with E-state index >= 15 is 0 Å². The van der Waals surface area contributed by atoms with Crippen LogP contribution in [0.4, 0.5) is 0 Å². The highest BCUT2D eigenvalue weighted by Gasteiger charge is 2.07. The number of carbonyl (C=O) groups is 1. The van der Waals surface area contributed by atoms with Crippen LogP contribution in [0.5, 0.6) is 0 Å². The molecule has 98 valence electrons. The number of hydrogen-bond acceptors (Lipinski definition) is 3. The van der Waals surface area contributed by atoms with E-state index < -0.39 is 5.97 Å². The molecular weight excluding hydrogens is 238 g/mol. The molecule has 0 unspecified atom stereocenters. The number of nitrogens with zero attached hydrogens (tertiary/aromatic N) is 1. The summed E-state index contributed by atoms with van der Waals surface area (Å²) in [5.41, 5.74) is 2.30. The number of aryl methyl sites for hydroxylation is 1. The zero-order valence-corrected chi connectivity index (χ0v) is 11.2. The average molecular weight is 255 g/mol. The first-order valence-corrected chi connectivity index (χ1v) is 6.25. The summed E-state index contributed by atoms with van der Waals surface area (Å²) < 4.78 is 4.76. The summed E-state index contributed by atoms with van der Waals surface area (Å²) in [7, 11) is 0. The van der Waals surface area contributed by atoms with E-state index in [-0.39, 0.29) is 12.2 Å². The van der Waals surface area contributed by atoms with Gasteiger partial charge in [-0.25, -0.2) is 4.79 Å². The van der Waals surface area contributed by atoms with Gasteiger partial charge < -0.3 is 4.74 Å². The summed E-state index contributed by atoms with van der Waals surface area (Å²) in [6.07, 6.45) is 5.99. The Morgan fingerprint density at radius 2 is 2.00 bits per heavy atom. The Hall–Kier alpha value is -2.34. The number of carbonyl (C=O) groups excluding carboxylic acids is 1. The van der Waals surface area contributed by atoms with E-state index in [1.165, 1.54) is 11.6 Å². The van der Waals surface area contributed by atoms with Gasteiger partial charge in [0.1, 0.15) is 11.6 Å². The normalized spacial score (nSPS) is 11.3. The van der Waals surface area contributed by atoms with Crippen molar-refractivity contribution in [3.63, 3.8) is 0 Å². The van der Waals surface area contributed by atoms with Crippen molar-refractivity contribution in [2.24, 2.45) is 0 Å². The molecule has 19 heavy (non-hydrogen) atoms. The molecule has 0 heterocycles. The fraction of sp³-hybridized carbons (Fsp3) is 0.250. The van der Waals surface area contributed by atoms with E-state index in [2.05, 4.69) is 19.1 Å². The molecule has 1 rings (SSSR count). The quantitative estimate of drug-likeness (QED) is 0.351. The van der Waals surface area contributed by atoms with Crippen LogP contribution in [0.25, 0.3) is 6.08 Å². The minimum Gasteiger partial charge on any atom is -0.462 e. The molecule has 0 N–H and O–H groups in total. The third-order valence-electron chi connectivity index (χ3n) is 2.56. The summed E-state index contributed by atoms with van der Waals surface area (Å²) in [5, 5.41) is 8.84. The molecule has 0 atom stereocenters. The van der Waals surface area contributed by atoms with E-state index in [0.29, 0.717) is 0 Å². The lowest BCUT2D eigenvalue weighted by atomic mass is 10.1. The molecule has 0 amide bonds. The van der Waals surface area contributed by atoms with Crippen LogP contribution in [0.2, 0.25) is 0 Å². The fourth-order valence-electron chi connectivity index (χ4n) is 1.48. The summed E-state index contributed by atoms with van der Waals surface area (Å²) in [6.45, 7) is 4.07. The van der Waals surface area contributed by atoms with Gasteiger partial charge in [0.15, 0.2) is 0 Å². The molecule has 0 aliphatic heterocycles. The predicted octanol–water partition coefficient (Wildman–Crippen LogP) is 3.28. The van der Waals surface area contributed by atoms with Gasteiger partial charge in [-0.3, -0.25) is 0 Å². The van der Waals surface area contributed by atoms with E-state index in [4.69, 9.17) is 10.00 Å². The third-order valence-corrected chi connectivity index (χ3v) is 2.56. The summed E-state index contributed by atoms with van der Waals surface area (Å²) >= 11 is 0. The van der Waals surface area contributed by atoms with Crippen LogP contribution >= 0.6 is 0 Å². The second-order valence-electron chi connectivity index (χ2n) is 3.87. The third kappa shape index (κ3) is 4.81. The lowest BCUT2D eigenvalue weighted by molar-refractivity contribution is -0.138. The molecule has 3 heteroatoms. The Morgan fingerprint density at radius 3 is 2.53 bits per heavy atom. The van der Waals surface area contributed by atoms with Crippen molar-refractivity contribution in [2.45, 2.75) is 20.3 Å². The first kappa shape index (κ1) is 14.7. The van der Waals surface area contributed by atoms with Gasteiger partial charge in [-0.15, -0.1) is 0 Å². The number of rotatable bonds is 5. The van der Waals surface area contributed by atoms with Crippen LogP contribution in [0.1, 0.15) is 25.0 Å². The first-order chi connectivity index (χ1) is 9.21. The maximum absolute atomic E-state index is 11.4. The van der Waals surface area contributed by atoms with Crippen molar-refractivity contribution in [2.75, 3.05) is 6.61 Å². The lowest BCUT2D eigenvalue weighted by Gasteiger charge is -1.98. The molecule has 0 fully saturated rings. The van der Waals surface area contributed by atoms with Crippen molar-refractivity contribution < 1.29 is 9.53 Å². The number of hydrogen-bond donors (Lipinski definition) is 0. The lowest BCUT2D eigenvalue weighted by Crippen LogP contribution is -2.05. The van der Waals surface area contributed by atoms with Gasteiger partial charge in [-0.2, -0.15) is 5.26 Å². The molecule has 0 aliphatic carbocycles. The van der Waals surface area contributed by atoms with Crippen LogP contribution in [0, 0.1) is 11.3 Å². The summed E-state index contributed by atoms with van der Waals surface area (Å²) in [6, 6.07) is 9.94. The summed E-state index contributed by atoms with van der Waals surface area (Å²) in [4.78, 5) is 11.4. The number of allylic oxidation sites excluding steroid dienone is 2. The van der Waals surface area contributed by atoms with Crippen molar-refractivity contribution in [1.29, 1.82) is 5.26 Å². The zero-order chi connectivity index (χ0) is 14.1. The highest BCUT2D eigenvalue weighted by molar-refractivity contribution is 5.93. The molecular formula is C16H17NO2. The van der Waals surface area contributed by atoms with Gasteiger partial charge in [-0.1, -0.05) is 43.3 Å². The van der Waals surface area contributed by atoms with Crippen molar-refractivity contribution >= 4 is 12.0 Å². The summed E-state index contributed by atoms with van der Waals surface area (Å²) in [5.74, 6) is -0.587. The van der Waals surface area contributed by atoms with Crippen LogP contribution in [0.15, 0.2) is 42.0 Å². The topological polar surface area (TPSA) is 50.1 Å². The second-order valence-corrected chi connectivity index (χ2v) is 3.87. The standard InChI is InChI=1S/C16H17NO2/c1-3-13-8-10-14(11-9-13)6-5-7-15(12-17)16(18)19-4-2/h5-11H,3-4H2,1-2H3. The van der Waals surface area contributed by atoms with E-state index in [1.54, 1.807) is 13.0 Å². The van der Waals surface area contributed by atoms with E-state index in [1.807, 2.05) is 24.3 Å². The van der Waals surface area contributed by atoms with E-state index in [9.17, 15) is 4.79 Å². The SMILES string of the molecule is CCOC(=O)C(C#N)=CC=Cc1ccc(CC)cc1. The molecule has 1 aromatic rings. The fourth-order valence-corrected chi connectivity index (χ4v) is 1.48. The van der Waals surface area contributed by atoms with Gasteiger partial charge >= 0.3 is 5.97 Å². The molecule has 0 radical (unpaired) electrons.